The largest absolute Gasteiger partial charge is 0.312 e. The van der Waals surface area contributed by atoms with Gasteiger partial charge in [-0.3, -0.25) is 10.1 Å². The van der Waals surface area contributed by atoms with Crippen LogP contribution < -0.4 is 5.32 Å². The Morgan fingerprint density at radius 2 is 2.20 bits per heavy atom. The number of sulfonamides is 1. The fraction of sp³-hybridized carbons (Fsp3) is 0.455. The van der Waals surface area contributed by atoms with E-state index in [0.29, 0.717) is 12.6 Å². The number of benzene rings is 1. The van der Waals surface area contributed by atoms with Crippen molar-refractivity contribution >= 4 is 15.7 Å². The molecular formula is C11H14FN3O4S. The molecule has 110 valence electrons. The van der Waals surface area contributed by atoms with Crippen molar-refractivity contribution in [3.05, 3.63) is 34.1 Å². The Kier molecular flexibility index (Phi) is 4.02. The number of nitrogens with one attached hydrogen (secondary N) is 1. The molecule has 1 aromatic carbocycles. The summed E-state index contributed by atoms with van der Waals surface area (Å²) in [5.41, 5.74) is -0.738. The monoisotopic (exact) mass is 303 g/mol. The first kappa shape index (κ1) is 14.8. The summed E-state index contributed by atoms with van der Waals surface area (Å²) in [7, 11) is -3.83. The summed E-state index contributed by atoms with van der Waals surface area (Å²) in [6.45, 7) is 2.92. The number of nitrogens with zero attached hydrogens (tertiary/aromatic N) is 2. The van der Waals surface area contributed by atoms with Gasteiger partial charge in [-0.15, -0.1) is 0 Å². The van der Waals surface area contributed by atoms with Crippen LogP contribution in [-0.4, -0.2) is 43.3 Å². The van der Waals surface area contributed by atoms with E-state index in [1.807, 2.05) is 6.92 Å². The molecule has 0 amide bonds. The maximum absolute atomic E-state index is 13.5. The first-order valence-electron chi connectivity index (χ1n) is 6.00. The van der Waals surface area contributed by atoms with E-state index in [1.165, 1.54) is 4.31 Å². The van der Waals surface area contributed by atoms with Crippen molar-refractivity contribution in [1.82, 2.24) is 9.62 Å². The van der Waals surface area contributed by atoms with Gasteiger partial charge in [-0.05, 0) is 13.0 Å². The average molecular weight is 303 g/mol. The molecule has 1 unspecified atom stereocenters. The van der Waals surface area contributed by atoms with Gasteiger partial charge in [0.05, 0.1) is 9.82 Å². The summed E-state index contributed by atoms with van der Waals surface area (Å²) in [6.07, 6.45) is 0. The summed E-state index contributed by atoms with van der Waals surface area (Å²) in [6, 6.07) is 2.62. The minimum atomic E-state index is -3.83. The summed E-state index contributed by atoms with van der Waals surface area (Å²) >= 11 is 0. The highest BCUT2D eigenvalue weighted by atomic mass is 32.2. The second-order valence-electron chi connectivity index (χ2n) is 4.59. The molecular weight excluding hydrogens is 289 g/mol. The summed E-state index contributed by atoms with van der Waals surface area (Å²) in [5, 5.41) is 13.6. The molecule has 20 heavy (non-hydrogen) atoms. The van der Waals surface area contributed by atoms with Crippen molar-refractivity contribution in [3.8, 4) is 0 Å². The molecule has 1 aliphatic heterocycles. The molecule has 0 aliphatic carbocycles. The standard InChI is InChI=1S/C11H14FN3O4S/c1-8-7-14(5-4-13-8)20(18,19)9-2-3-11(15(16)17)10(12)6-9/h2-3,6,8,13H,4-5,7H2,1H3. The molecule has 0 bridgehead atoms. The maximum Gasteiger partial charge on any atom is 0.304 e. The Labute approximate surface area is 115 Å². The van der Waals surface area contributed by atoms with Crippen LogP contribution >= 0.6 is 0 Å². The number of piperazine rings is 1. The molecule has 1 heterocycles. The zero-order valence-corrected chi connectivity index (χ0v) is 11.6. The van der Waals surface area contributed by atoms with Crippen molar-refractivity contribution in [2.45, 2.75) is 17.9 Å². The quantitative estimate of drug-likeness (QED) is 0.656. The zero-order valence-electron chi connectivity index (χ0n) is 10.7. The number of rotatable bonds is 3. The van der Waals surface area contributed by atoms with Crippen LogP contribution in [0.5, 0.6) is 0 Å². The van der Waals surface area contributed by atoms with Crippen molar-refractivity contribution in [2.75, 3.05) is 19.6 Å². The lowest BCUT2D eigenvalue weighted by atomic mass is 10.3. The topological polar surface area (TPSA) is 92.5 Å². The molecule has 9 heteroatoms. The number of hydrogen-bond donors (Lipinski definition) is 1. The van der Waals surface area contributed by atoms with E-state index in [1.54, 1.807) is 0 Å². The Balaban J connectivity index is 2.34. The zero-order chi connectivity index (χ0) is 14.9. The Morgan fingerprint density at radius 3 is 2.75 bits per heavy atom. The molecule has 1 fully saturated rings. The minimum Gasteiger partial charge on any atom is -0.312 e. The van der Waals surface area contributed by atoms with E-state index in [2.05, 4.69) is 5.32 Å². The number of hydrogen-bond acceptors (Lipinski definition) is 5. The summed E-state index contributed by atoms with van der Waals surface area (Å²) in [4.78, 5) is 9.37. The lowest BCUT2D eigenvalue weighted by Gasteiger charge is -2.30. The third-order valence-corrected chi connectivity index (χ3v) is 4.95. The third-order valence-electron chi connectivity index (χ3n) is 3.09. The van der Waals surface area contributed by atoms with E-state index in [-0.39, 0.29) is 24.0 Å². The second kappa shape index (κ2) is 5.43. The van der Waals surface area contributed by atoms with Crippen LogP contribution in [-0.2, 0) is 10.0 Å². The Bertz CT molecular complexity index is 635. The Morgan fingerprint density at radius 1 is 1.50 bits per heavy atom. The van der Waals surface area contributed by atoms with Gasteiger partial charge in [-0.2, -0.15) is 8.70 Å². The predicted octanol–water partition coefficient (Wildman–Crippen LogP) is 0.716. The van der Waals surface area contributed by atoms with Crippen molar-refractivity contribution in [3.63, 3.8) is 0 Å². The van der Waals surface area contributed by atoms with Crippen molar-refractivity contribution in [2.24, 2.45) is 0 Å². The normalized spacial score (nSPS) is 20.8. The number of nitro benzene ring substituents is 1. The predicted molar refractivity (Wildman–Crippen MR) is 69.3 cm³/mol. The van der Waals surface area contributed by atoms with E-state index >= 15 is 0 Å². The van der Waals surface area contributed by atoms with Gasteiger partial charge in [-0.1, -0.05) is 0 Å². The van der Waals surface area contributed by atoms with Gasteiger partial charge >= 0.3 is 5.69 Å². The third kappa shape index (κ3) is 2.79. The highest BCUT2D eigenvalue weighted by Crippen LogP contribution is 2.23. The van der Waals surface area contributed by atoms with E-state index in [9.17, 15) is 22.9 Å². The highest BCUT2D eigenvalue weighted by Gasteiger charge is 2.29. The van der Waals surface area contributed by atoms with E-state index in [4.69, 9.17) is 0 Å². The van der Waals surface area contributed by atoms with Crippen LogP contribution in [0.4, 0.5) is 10.1 Å². The van der Waals surface area contributed by atoms with Gasteiger partial charge in [0.25, 0.3) is 0 Å². The molecule has 0 saturated carbocycles. The minimum absolute atomic E-state index is 0.00132. The maximum atomic E-state index is 13.5. The summed E-state index contributed by atoms with van der Waals surface area (Å²) in [5.74, 6) is -1.15. The number of halogens is 1. The van der Waals surface area contributed by atoms with Crippen LogP contribution in [0.25, 0.3) is 0 Å². The van der Waals surface area contributed by atoms with Gasteiger partial charge in [-0.25, -0.2) is 8.42 Å². The molecule has 1 aliphatic rings. The fourth-order valence-corrected chi connectivity index (χ4v) is 3.60. The SMILES string of the molecule is CC1CN(S(=O)(=O)c2ccc([N+](=O)[O-])c(F)c2)CCN1. The van der Waals surface area contributed by atoms with Gasteiger partial charge < -0.3 is 5.32 Å². The molecule has 0 spiro atoms. The molecule has 2 rings (SSSR count). The lowest BCUT2D eigenvalue weighted by Crippen LogP contribution is -2.51. The van der Waals surface area contributed by atoms with E-state index < -0.39 is 26.5 Å². The molecule has 0 aromatic heterocycles. The van der Waals surface area contributed by atoms with Crippen LogP contribution in [0.15, 0.2) is 23.1 Å². The lowest BCUT2D eigenvalue weighted by molar-refractivity contribution is -0.387. The van der Waals surface area contributed by atoms with E-state index in [0.717, 1.165) is 12.1 Å². The molecule has 0 radical (unpaired) electrons. The van der Waals surface area contributed by atoms with Gasteiger partial charge in [0.1, 0.15) is 0 Å². The summed E-state index contributed by atoms with van der Waals surface area (Å²) < 4.78 is 39.4. The van der Waals surface area contributed by atoms with Gasteiger partial charge in [0.15, 0.2) is 0 Å². The average Bonchev–Trinajstić information content (AvgIpc) is 2.38. The van der Waals surface area contributed by atoms with Crippen molar-refractivity contribution < 1.29 is 17.7 Å². The van der Waals surface area contributed by atoms with Crippen LogP contribution in [0.3, 0.4) is 0 Å². The molecule has 1 atom stereocenters. The fourth-order valence-electron chi connectivity index (χ4n) is 2.06. The smallest absolute Gasteiger partial charge is 0.304 e. The number of nitro groups is 1. The molecule has 1 aromatic rings. The van der Waals surface area contributed by atoms with Gasteiger partial charge in [0.2, 0.25) is 15.8 Å². The van der Waals surface area contributed by atoms with Crippen LogP contribution in [0.1, 0.15) is 6.92 Å². The highest BCUT2D eigenvalue weighted by molar-refractivity contribution is 7.89. The first-order chi connectivity index (χ1) is 9.32. The first-order valence-corrected chi connectivity index (χ1v) is 7.44. The van der Waals surface area contributed by atoms with Crippen LogP contribution in [0, 0.1) is 15.9 Å². The molecule has 7 nitrogen and oxygen atoms in total. The molecule has 1 N–H and O–H groups in total. The Hall–Kier alpha value is -1.58. The molecule has 1 saturated heterocycles. The van der Waals surface area contributed by atoms with Gasteiger partial charge in [0, 0.05) is 37.8 Å². The van der Waals surface area contributed by atoms with Crippen molar-refractivity contribution in [1.29, 1.82) is 0 Å². The van der Waals surface area contributed by atoms with Crippen LogP contribution in [0.2, 0.25) is 0 Å². The second-order valence-corrected chi connectivity index (χ2v) is 6.53.